The fourth-order valence-electron chi connectivity index (χ4n) is 4.11. The predicted molar refractivity (Wildman–Crippen MR) is 131 cm³/mol. The van der Waals surface area contributed by atoms with Crippen molar-refractivity contribution in [2.45, 2.75) is 64.6 Å². The molecule has 0 spiro atoms. The number of amides is 2. The number of nitrogens with zero attached hydrogens (tertiary/aromatic N) is 1. The highest BCUT2D eigenvalue weighted by atomic mass is 79.9. The SMILES string of the molecule is CC[C@@H](C(=O)NC1CCCC1)N(Cc1cccc(C)c1)C(=O)COc1ccc(Cl)cc1Br. The van der Waals surface area contributed by atoms with Gasteiger partial charge < -0.3 is 15.0 Å². The standard InChI is InChI=1S/C25H30BrClN2O3/c1-3-22(25(31)28-20-9-4-5-10-20)29(15-18-8-6-7-17(2)13-18)24(30)16-32-23-12-11-19(27)14-21(23)26/h6-8,11-14,20,22H,3-5,9-10,15-16H2,1-2H3,(H,28,31)/t22-/m0/s1. The van der Waals surface area contributed by atoms with Gasteiger partial charge in [0.15, 0.2) is 6.61 Å². The summed E-state index contributed by atoms with van der Waals surface area (Å²) in [4.78, 5) is 28.1. The highest BCUT2D eigenvalue weighted by Gasteiger charge is 2.31. The lowest BCUT2D eigenvalue weighted by molar-refractivity contribution is -0.143. The van der Waals surface area contributed by atoms with Crippen LogP contribution in [0.5, 0.6) is 5.75 Å². The molecule has 172 valence electrons. The largest absolute Gasteiger partial charge is 0.483 e. The van der Waals surface area contributed by atoms with E-state index in [0.717, 1.165) is 36.8 Å². The van der Waals surface area contributed by atoms with Crippen molar-refractivity contribution >= 4 is 39.3 Å². The maximum atomic E-state index is 13.3. The van der Waals surface area contributed by atoms with E-state index >= 15 is 0 Å². The first kappa shape index (κ1) is 24.6. The second-order valence-electron chi connectivity index (χ2n) is 8.29. The second kappa shape index (κ2) is 11.7. The lowest BCUT2D eigenvalue weighted by atomic mass is 10.1. The number of carbonyl (C=O) groups is 2. The molecule has 2 aromatic carbocycles. The zero-order valence-electron chi connectivity index (χ0n) is 18.6. The van der Waals surface area contributed by atoms with Gasteiger partial charge in [0.2, 0.25) is 5.91 Å². The van der Waals surface area contributed by atoms with Crippen molar-refractivity contribution in [3.8, 4) is 5.75 Å². The molecule has 3 rings (SSSR count). The second-order valence-corrected chi connectivity index (χ2v) is 9.58. The lowest BCUT2D eigenvalue weighted by Crippen LogP contribution is -2.52. The number of benzene rings is 2. The molecule has 7 heteroatoms. The van der Waals surface area contributed by atoms with E-state index in [9.17, 15) is 9.59 Å². The van der Waals surface area contributed by atoms with Gasteiger partial charge in [0.05, 0.1) is 4.47 Å². The molecular formula is C25H30BrClN2O3. The lowest BCUT2D eigenvalue weighted by Gasteiger charge is -2.31. The molecule has 0 aromatic heterocycles. The molecule has 2 aromatic rings. The van der Waals surface area contributed by atoms with Crippen molar-refractivity contribution in [3.05, 3.63) is 63.1 Å². The molecule has 1 aliphatic carbocycles. The van der Waals surface area contributed by atoms with Gasteiger partial charge in [-0.15, -0.1) is 0 Å². The van der Waals surface area contributed by atoms with Crippen LogP contribution in [0.2, 0.25) is 5.02 Å². The van der Waals surface area contributed by atoms with Crippen molar-refractivity contribution < 1.29 is 14.3 Å². The van der Waals surface area contributed by atoms with E-state index < -0.39 is 6.04 Å². The Bertz CT molecular complexity index is 947. The van der Waals surface area contributed by atoms with Crippen LogP contribution in [0, 0.1) is 6.92 Å². The number of ether oxygens (including phenoxy) is 1. The molecule has 32 heavy (non-hydrogen) atoms. The molecule has 0 saturated heterocycles. The minimum absolute atomic E-state index is 0.0897. The zero-order chi connectivity index (χ0) is 23.1. The summed E-state index contributed by atoms with van der Waals surface area (Å²) in [5, 5.41) is 3.73. The van der Waals surface area contributed by atoms with Gasteiger partial charge in [0.25, 0.3) is 5.91 Å². The van der Waals surface area contributed by atoms with Gasteiger partial charge in [0.1, 0.15) is 11.8 Å². The Balaban J connectivity index is 1.77. The van der Waals surface area contributed by atoms with Crippen LogP contribution in [-0.2, 0) is 16.1 Å². The van der Waals surface area contributed by atoms with Crippen molar-refractivity contribution in [1.29, 1.82) is 0 Å². The van der Waals surface area contributed by atoms with E-state index in [1.54, 1.807) is 23.1 Å². The van der Waals surface area contributed by atoms with Crippen molar-refractivity contribution in [2.75, 3.05) is 6.61 Å². The van der Waals surface area contributed by atoms with Gasteiger partial charge in [-0.2, -0.15) is 0 Å². The predicted octanol–water partition coefficient (Wildman–Crippen LogP) is 5.66. The molecule has 1 N–H and O–H groups in total. The molecule has 1 atom stereocenters. The van der Waals surface area contributed by atoms with Gasteiger partial charge in [-0.3, -0.25) is 9.59 Å². The van der Waals surface area contributed by atoms with E-state index in [2.05, 4.69) is 21.2 Å². The molecule has 5 nitrogen and oxygen atoms in total. The zero-order valence-corrected chi connectivity index (χ0v) is 20.9. The van der Waals surface area contributed by atoms with Crippen LogP contribution in [0.1, 0.15) is 50.2 Å². The topological polar surface area (TPSA) is 58.6 Å². The average Bonchev–Trinajstić information content (AvgIpc) is 3.26. The first-order valence-electron chi connectivity index (χ1n) is 11.1. The van der Waals surface area contributed by atoms with E-state index in [4.69, 9.17) is 16.3 Å². The van der Waals surface area contributed by atoms with E-state index in [1.165, 1.54) is 0 Å². The molecule has 0 radical (unpaired) electrons. The van der Waals surface area contributed by atoms with Crippen LogP contribution < -0.4 is 10.1 Å². The van der Waals surface area contributed by atoms with E-state index in [1.807, 2.05) is 38.1 Å². The van der Waals surface area contributed by atoms with Crippen molar-refractivity contribution in [1.82, 2.24) is 10.2 Å². The number of aryl methyl sites for hydroxylation is 1. The molecule has 2 amide bonds. The summed E-state index contributed by atoms with van der Waals surface area (Å²) in [6, 6.07) is 12.8. The van der Waals surface area contributed by atoms with Crippen molar-refractivity contribution in [2.24, 2.45) is 0 Å². The van der Waals surface area contributed by atoms with Gasteiger partial charge >= 0.3 is 0 Å². The summed E-state index contributed by atoms with van der Waals surface area (Å²) in [5.41, 5.74) is 2.10. The number of halogens is 2. The maximum absolute atomic E-state index is 13.3. The van der Waals surface area contributed by atoms with Gasteiger partial charge in [0, 0.05) is 17.6 Å². The monoisotopic (exact) mass is 520 g/mol. The average molecular weight is 522 g/mol. The third-order valence-corrected chi connectivity index (χ3v) is 6.62. The van der Waals surface area contributed by atoms with Gasteiger partial charge in [-0.25, -0.2) is 0 Å². The summed E-state index contributed by atoms with van der Waals surface area (Å²) in [6.45, 7) is 4.13. The Morgan fingerprint density at radius 1 is 1.22 bits per heavy atom. The summed E-state index contributed by atoms with van der Waals surface area (Å²) in [6.07, 6.45) is 4.80. The molecule has 1 fully saturated rings. The van der Waals surface area contributed by atoms with Gasteiger partial charge in [-0.1, -0.05) is 61.2 Å². The van der Waals surface area contributed by atoms with Crippen LogP contribution in [0.15, 0.2) is 46.9 Å². The first-order valence-corrected chi connectivity index (χ1v) is 12.3. The highest BCUT2D eigenvalue weighted by molar-refractivity contribution is 9.10. The van der Waals surface area contributed by atoms with Crippen LogP contribution in [0.4, 0.5) is 0 Å². The Morgan fingerprint density at radius 2 is 1.97 bits per heavy atom. The smallest absolute Gasteiger partial charge is 0.261 e. The van der Waals surface area contributed by atoms with Crippen LogP contribution >= 0.6 is 27.5 Å². The minimum atomic E-state index is -0.555. The Kier molecular flexibility index (Phi) is 9.00. The Labute approximate surface area is 203 Å². The van der Waals surface area contributed by atoms with Crippen LogP contribution in [0.3, 0.4) is 0 Å². The maximum Gasteiger partial charge on any atom is 0.261 e. The van der Waals surface area contributed by atoms with E-state index in [-0.39, 0.29) is 24.5 Å². The van der Waals surface area contributed by atoms with Crippen molar-refractivity contribution in [3.63, 3.8) is 0 Å². The number of nitrogens with one attached hydrogen (secondary N) is 1. The summed E-state index contributed by atoms with van der Waals surface area (Å²) >= 11 is 9.41. The van der Waals surface area contributed by atoms with Gasteiger partial charge in [-0.05, 0) is 65.9 Å². The number of rotatable bonds is 9. The summed E-state index contributed by atoms with van der Waals surface area (Å²) in [5.74, 6) is 0.205. The van der Waals surface area contributed by atoms with Crippen LogP contribution in [0.25, 0.3) is 0 Å². The van der Waals surface area contributed by atoms with Crippen LogP contribution in [-0.4, -0.2) is 35.4 Å². The molecule has 0 aliphatic heterocycles. The molecule has 1 aliphatic rings. The fourth-order valence-corrected chi connectivity index (χ4v) is 4.91. The summed E-state index contributed by atoms with van der Waals surface area (Å²) < 4.78 is 6.45. The van der Waals surface area contributed by atoms with E-state index in [0.29, 0.717) is 28.2 Å². The third-order valence-electron chi connectivity index (χ3n) is 5.77. The number of carbonyl (C=O) groups excluding carboxylic acids is 2. The first-order chi connectivity index (χ1) is 15.4. The molecular weight excluding hydrogens is 492 g/mol. The third kappa shape index (κ3) is 6.72. The summed E-state index contributed by atoms with van der Waals surface area (Å²) in [7, 11) is 0. The highest BCUT2D eigenvalue weighted by Crippen LogP contribution is 2.28. The number of hydrogen-bond acceptors (Lipinski definition) is 3. The molecule has 1 saturated carbocycles. The molecule has 0 unspecified atom stereocenters. The quantitative estimate of drug-likeness (QED) is 0.463. The minimum Gasteiger partial charge on any atom is -0.483 e. The molecule has 0 heterocycles. The Morgan fingerprint density at radius 3 is 2.62 bits per heavy atom. The molecule has 0 bridgehead atoms. The number of hydrogen-bond donors (Lipinski definition) is 1. The fraction of sp³-hybridized carbons (Fsp3) is 0.440. The normalized spacial score (nSPS) is 14.8. The Hall–Kier alpha value is -2.05.